The quantitative estimate of drug-likeness (QED) is 0.639. The van der Waals surface area contributed by atoms with E-state index < -0.39 is 0 Å². The smallest absolute Gasteiger partial charge is 0.0464 e. The molecule has 0 unspecified atom stereocenters. The molecule has 2 aromatic rings. The fourth-order valence-electron chi connectivity index (χ4n) is 1.90. The van der Waals surface area contributed by atoms with Crippen molar-refractivity contribution < 1.29 is 0 Å². The summed E-state index contributed by atoms with van der Waals surface area (Å²) in [5.41, 5.74) is 5.36. The highest BCUT2D eigenvalue weighted by Gasteiger charge is 2.04. The van der Waals surface area contributed by atoms with Crippen LogP contribution in [0.4, 0.5) is 0 Å². The van der Waals surface area contributed by atoms with Crippen LogP contribution in [0.2, 0.25) is 5.02 Å². The summed E-state index contributed by atoms with van der Waals surface area (Å²) < 4.78 is 0. The number of hydrogen-bond donors (Lipinski definition) is 0. The van der Waals surface area contributed by atoms with Crippen LogP contribution in [0.3, 0.4) is 0 Å². The van der Waals surface area contributed by atoms with Crippen molar-refractivity contribution in [2.75, 3.05) is 0 Å². The SMILES string of the molecule is C#Cc1cccc(-c2cc(C)c(Cl)c(C)c2)c1. The summed E-state index contributed by atoms with van der Waals surface area (Å²) in [6, 6.07) is 12.2. The Balaban J connectivity index is 2.57. The maximum Gasteiger partial charge on any atom is 0.0464 e. The van der Waals surface area contributed by atoms with Gasteiger partial charge in [0.25, 0.3) is 0 Å². The Morgan fingerprint density at radius 3 is 2.24 bits per heavy atom. The molecule has 0 amide bonds. The van der Waals surface area contributed by atoms with Crippen LogP contribution in [-0.4, -0.2) is 0 Å². The average Bonchev–Trinajstić information content (AvgIpc) is 2.35. The van der Waals surface area contributed by atoms with Crippen LogP contribution in [-0.2, 0) is 0 Å². The fraction of sp³-hybridized carbons (Fsp3) is 0.125. The summed E-state index contributed by atoms with van der Waals surface area (Å²) >= 11 is 6.16. The third-order valence-corrected chi connectivity index (χ3v) is 3.40. The zero-order valence-corrected chi connectivity index (χ0v) is 10.7. The largest absolute Gasteiger partial charge is 0.115 e. The van der Waals surface area contributed by atoms with E-state index >= 15 is 0 Å². The number of rotatable bonds is 1. The lowest BCUT2D eigenvalue weighted by atomic mass is 9.99. The van der Waals surface area contributed by atoms with Crippen molar-refractivity contribution in [2.24, 2.45) is 0 Å². The molecule has 0 radical (unpaired) electrons. The number of hydrogen-bond acceptors (Lipinski definition) is 0. The average molecular weight is 241 g/mol. The third kappa shape index (κ3) is 2.35. The highest BCUT2D eigenvalue weighted by Crippen LogP contribution is 2.28. The Morgan fingerprint density at radius 1 is 1.00 bits per heavy atom. The van der Waals surface area contributed by atoms with E-state index in [1.165, 1.54) is 0 Å². The topological polar surface area (TPSA) is 0 Å². The van der Waals surface area contributed by atoms with Crippen LogP contribution < -0.4 is 0 Å². The third-order valence-electron chi connectivity index (χ3n) is 2.80. The van der Waals surface area contributed by atoms with Crippen LogP contribution in [0.15, 0.2) is 36.4 Å². The van der Waals surface area contributed by atoms with E-state index in [1.807, 2.05) is 32.0 Å². The molecule has 0 bridgehead atoms. The van der Waals surface area contributed by atoms with Crippen molar-refractivity contribution in [2.45, 2.75) is 13.8 Å². The van der Waals surface area contributed by atoms with E-state index in [0.29, 0.717) is 0 Å². The second kappa shape index (κ2) is 4.65. The highest BCUT2D eigenvalue weighted by atomic mass is 35.5. The van der Waals surface area contributed by atoms with E-state index in [1.54, 1.807) is 0 Å². The van der Waals surface area contributed by atoms with Crippen molar-refractivity contribution in [1.29, 1.82) is 0 Å². The minimum absolute atomic E-state index is 0.835. The van der Waals surface area contributed by atoms with Crippen LogP contribution >= 0.6 is 11.6 Å². The summed E-state index contributed by atoms with van der Waals surface area (Å²) in [6.45, 7) is 4.04. The molecule has 0 spiro atoms. The van der Waals surface area contributed by atoms with Gasteiger partial charge in [0.05, 0.1) is 0 Å². The summed E-state index contributed by atoms with van der Waals surface area (Å²) in [5, 5.41) is 0.835. The molecule has 0 aromatic heterocycles. The first-order valence-corrected chi connectivity index (χ1v) is 5.83. The summed E-state index contributed by atoms with van der Waals surface area (Å²) in [6.07, 6.45) is 5.41. The first-order valence-electron chi connectivity index (χ1n) is 5.45. The molecule has 0 aliphatic rings. The highest BCUT2D eigenvalue weighted by molar-refractivity contribution is 6.32. The van der Waals surface area contributed by atoms with Gasteiger partial charge in [0.2, 0.25) is 0 Å². The lowest BCUT2D eigenvalue weighted by Crippen LogP contribution is -1.86. The van der Waals surface area contributed by atoms with Crippen LogP contribution in [0, 0.1) is 26.2 Å². The molecule has 0 fully saturated rings. The maximum absolute atomic E-state index is 6.16. The first-order chi connectivity index (χ1) is 8.11. The van der Waals surface area contributed by atoms with Gasteiger partial charge >= 0.3 is 0 Å². The van der Waals surface area contributed by atoms with E-state index in [2.05, 4.69) is 24.1 Å². The van der Waals surface area contributed by atoms with Crippen LogP contribution in [0.25, 0.3) is 11.1 Å². The van der Waals surface area contributed by atoms with E-state index in [9.17, 15) is 0 Å². The molecule has 2 aromatic carbocycles. The molecule has 0 N–H and O–H groups in total. The maximum atomic E-state index is 6.16. The van der Waals surface area contributed by atoms with E-state index in [4.69, 9.17) is 18.0 Å². The number of terminal acetylenes is 1. The Kier molecular flexibility index (Phi) is 3.22. The Morgan fingerprint density at radius 2 is 1.65 bits per heavy atom. The summed E-state index contributed by atoms with van der Waals surface area (Å²) in [4.78, 5) is 0. The van der Waals surface area contributed by atoms with Crippen molar-refractivity contribution in [3.05, 3.63) is 58.1 Å². The summed E-state index contributed by atoms with van der Waals surface area (Å²) in [5.74, 6) is 2.65. The number of benzene rings is 2. The van der Waals surface area contributed by atoms with Crippen molar-refractivity contribution >= 4 is 11.6 Å². The van der Waals surface area contributed by atoms with Gasteiger partial charge in [0, 0.05) is 10.6 Å². The zero-order valence-electron chi connectivity index (χ0n) is 9.92. The molecule has 0 heterocycles. The van der Waals surface area contributed by atoms with Gasteiger partial charge in [-0.3, -0.25) is 0 Å². The van der Waals surface area contributed by atoms with Gasteiger partial charge in [-0.2, -0.15) is 0 Å². The predicted molar refractivity (Wildman–Crippen MR) is 74.3 cm³/mol. The fourth-order valence-corrected chi connectivity index (χ4v) is 2.01. The van der Waals surface area contributed by atoms with Crippen molar-refractivity contribution in [1.82, 2.24) is 0 Å². The molecule has 2 rings (SSSR count). The lowest BCUT2D eigenvalue weighted by Gasteiger charge is -2.08. The molecule has 0 atom stereocenters. The van der Waals surface area contributed by atoms with E-state index in [0.717, 1.165) is 32.8 Å². The summed E-state index contributed by atoms with van der Waals surface area (Å²) in [7, 11) is 0. The van der Waals surface area contributed by atoms with Crippen molar-refractivity contribution in [3.63, 3.8) is 0 Å². The van der Waals surface area contributed by atoms with Gasteiger partial charge in [-0.1, -0.05) is 29.7 Å². The minimum atomic E-state index is 0.835. The van der Waals surface area contributed by atoms with Gasteiger partial charge in [-0.25, -0.2) is 0 Å². The van der Waals surface area contributed by atoms with Crippen LogP contribution in [0.1, 0.15) is 16.7 Å². The molecule has 0 aliphatic heterocycles. The van der Waals surface area contributed by atoms with E-state index in [-0.39, 0.29) is 0 Å². The Bertz CT molecular complexity index is 580. The van der Waals surface area contributed by atoms with Gasteiger partial charge in [0.15, 0.2) is 0 Å². The lowest BCUT2D eigenvalue weighted by molar-refractivity contribution is 1.38. The normalized spacial score (nSPS) is 10.0. The number of aryl methyl sites for hydroxylation is 2. The molecule has 0 saturated heterocycles. The molecule has 0 aliphatic carbocycles. The molecule has 17 heavy (non-hydrogen) atoms. The molecule has 1 heteroatoms. The Labute approximate surface area is 107 Å². The second-order valence-electron chi connectivity index (χ2n) is 4.15. The molecular weight excluding hydrogens is 228 g/mol. The molecular formula is C16H13Cl. The van der Waals surface area contributed by atoms with Crippen molar-refractivity contribution in [3.8, 4) is 23.5 Å². The minimum Gasteiger partial charge on any atom is -0.115 e. The predicted octanol–water partition coefficient (Wildman–Crippen LogP) is 4.61. The molecule has 0 nitrogen and oxygen atoms in total. The number of halogens is 1. The second-order valence-corrected chi connectivity index (χ2v) is 4.53. The van der Waals surface area contributed by atoms with Gasteiger partial charge < -0.3 is 0 Å². The molecule has 84 valence electrons. The van der Waals surface area contributed by atoms with Gasteiger partial charge in [0.1, 0.15) is 0 Å². The molecule has 0 saturated carbocycles. The monoisotopic (exact) mass is 240 g/mol. The Hall–Kier alpha value is -1.71. The van der Waals surface area contributed by atoms with Crippen LogP contribution in [0.5, 0.6) is 0 Å². The van der Waals surface area contributed by atoms with Gasteiger partial charge in [-0.15, -0.1) is 6.42 Å². The zero-order chi connectivity index (χ0) is 12.4. The standard InChI is InChI=1S/C16H13Cl/c1-4-13-6-5-7-14(10-13)15-8-11(2)16(17)12(3)9-15/h1,5-10H,2-3H3. The van der Waals surface area contributed by atoms with Gasteiger partial charge in [-0.05, 0) is 60.4 Å². The first kappa shape index (κ1) is 11.8.